The number of nitrogens with zero attached hydrogens (tertiary/aromatic N) is 5. The average Bonchev–Trinajstić information content (AvgIpc) is 3.74. The monoisotopic (exact) mass is 657 g/mol. The van der Waals surface area contributed by atoms with Gasteiger partial charge in [-0.3, -0.25) is 4.57 Å². The van der Waals surface area contributed by atoms with Crippen LogP contribution in [-0.4, -0.2) is 24.5 Å². The quantitative estimate of drug-likeness (QED) is 0.185. The highest BCUT2D eigenvalue weighted by molar-refractivity contribution is 7.26. The maximum absolute atomic E-state index is 5.27. The summed E-state index contributed by atoms with van der Waals surface area (Å²) in [6.45, 7) is 0. The minimum absolute atomic E-state index is 0.562. The summed E-state index contributed by atoms with van der Waals surface area (Å²) in [6.07, 6.45) is 1.96. The molecule has 4 heterocycles. The normalized spacial score (nSPS) is 11.6. The Kier molecular flexibility index (Phi) is 6.60. The van der Waals surface area contributed by atoms with Crippen LogP contribution in [0.4, 0.5) is 0 Å². The summed E-state index contributed by atoms with van der Waals surface area (Å²) in [5, 5.41) is 4.96. The van der Waals surface area contributed by atoms with E-state index in [1.165, 1.54) is 30.9 Å². The Balaban J connectivity index is 1.30. The molecule has 0 aliphatic carbocycles. The van der Waals surface area contributed by atoms with E-state index in [0.717, 1.165) is 44.7 Å². The van der Waals surface area contributed by atoms with Gasteiger partial charge < -0.3 is 0 Å². The summed E-state index contributed by atoms with van der Waals surface area (Å²) in [4.78, 5) is 20.6. The molecule has 0 N–H and O–H groups in total. The predicted molar refractivity (Wildman–Crippen MR) is 207 cm³/mol. The lowest BCUT2D eigenvalue weighted by Crippen LogP contribution is -2.05. The number of hydrogen-bond acceptors (Lipinski definition) is 5. The van der Waals surface area contributed by atoms with E-state index in [0.29, 0.717) is 17.5 Å². The first-order chi connectivity index (χ1) is 24.8. The van der Waals surface area contributed by atoms with Crippen molar-refractivity contribution in [2.45, 2.75) is 0 Å². The van der Waals surface area contributed by atoms with Crippen LogP contribution in [0.3, 0.4) is 0 Å². The highest BCUT2D eigenvalue weighted by Gasteiger charge is 2.23. The van der Waals surface area contributed by atoms with E-state index in [4.69, 9.17) is 19.9 Å². The molecule has 0 radical (unpaired) electrons. The van der Waals surface area contributed by atoms with Crippen LogP contribution in [0.15, 0.2) is 164 Å². The second-order valence-corrected chi connectivity index (χ2v) is 13.3. The Labute approximate surface area is 291 Å². The summed E-state index contributed by atoms with van der Waals surface area (Å²) in [7, 11) is 0. The zero-order valence-corrected chi connectivity index (χ0v) is 27.5. The zero-order chi connectivity index (χ0) is 33.0. The fourth-order valence-electron chi connectivity index (χ4n) is 6.98. The fourth-order valence-corrected chi connectivity index (χ4v) is 8.24. The minimum atomic E-state index is 0.562. The van der Waals surface area contributed by atoms with Crippen LogP contribution < -0.4 is 0 Å². The Morgan fingerprint density at radius 2 is 1.02 bits per heavy atom. The standard InChI is InChI=1S/C44H27N5S/c1-4-14-28(15-5-1)31-26-35(43-47-41(29-16-6-2-7-17-29)46-42(48-43)30-18-8-3-9-19-30)44(45-27-31)49-36-22-12-10-21-34(36)39-37(49)25-24-33-32-20-11-13-23-38(32)50-40(33)39/h1-27H. The molecule has 10 rings (SSSR count). The van der Waals surface area contributed by atoms with Crippen molar-refractivity contribution in [2.75, 3.05) is 0 Å². The number of fused-ring (bicyclic) bond motifs is 7. The minimum Gasteiger partial charge on any atom is -0.293 e. The van der Waals surface area contributed by atoms with Crippen LogP contribution in [-0.2, 0) is 0 Å². The van der Waals surface area contributed by atoms with Crippen molar-refractivity contribution < 1.29 is 0 Å². The molecule has 6 aromatic carbocycles. The average molecular weight is 658 g/mol. The van der Waals surface area contributed by atoms with Crippen molar-refractivity contribution in [1.82, 2.24) is 24.5 Å². The van der Waals surface area contributed by atoms with Gasteiger partial charge in [0.25, 0.3) is 0 Å². The summed E-state index contributed by atoms with van der Waals surface area (Å²) >= 11 is 1.85. The van der Waals surface area contributed by atoms with Crippen LogP contribution in [0.2, 0.25) is 0 Å². The predicted octanol–water partition coefficient (Wildman–Crippen LogP) is 11.4. The first-order valence-electron chi connectivity index (χ1n) is 16.6. The van der Waals surface area contributed by atoms with Gasteiger partial charge in [0.05, 0.1) is 16.6 Å². The maximum Gasteiger partial charge on any atom is 0.167 e. The Bertz CT molecular complexity index is 2800. The molecule has 0 fully saturated rings. The van der Waals surface area contributed by atoms with Crippen LogP contribution in [0.5, 0.6) is 0 Å². The third kappa shape index (κ3) is 4.61. The molecule has 0 saturated carbocycles. The van der Waals surface area contributed by atoms with Gasteiger partial charge in [-0.05, 0) is 29.8 Å². The molecule has 0 bridgehead atoms. The van der Waals surface area contributed by atoms with Gasteiger partial charge in [-0.2, -0.15) is 0 Å². The van der Waals surface area contributed by atoms with Crippen molar-refractivity contribution in [2.24, 2.45) is 0 Å². The summed E-state index contributed by atoms with van der Waals surface area (Å²) < 4.78 is 4.84. The molecule has 0 atom stereocenters. The van der Waals surface area contributed by atoms with Gasteiger partial charge >= 0.3 is 0 Å². The fraction of sp³-hybridized carbons (Fsp3) is 0. The molecule has 0 unspecified atom stereocenters. The molecular formula is C44H27N5S. The highest BCUT2D eigenvalue weighted by atomic mass is 32.1. The third-order valence-corrected chi connectivity index (χ3v) is 10.5. The second-order valence-electron chi connectivity index (χ2n) is 12.3. The van der Waals surface area contributed by atoms with E-state index in [9.17, 15) is 0 Å². The number of hydrogen-bond donors (Lipinski definition) is 0. The molecule has 0 saturated heterocycles. The maximum atomic E-state index is 5.27. The molecule has 6 heteroatoms. The van der Waals surface area contributed by atoms with Crippen LogP contribution in [0, 0.1) is 0 Å². The van der Waals surface area contributed by atoms with Crippen LogP contribution >= 0.6 is 11.3 Å². The highest BCUT2D eigenvalue weighted by Crippen LogP contribution is 2.44. The first-order valence-corrected chi connectivity index (χ1v) is 17.4. The molecule has 10 aromatic rings. The number of benzene rings is 6. The van der Waals surface area contributed by atoms with Gasteiger partial charge in [0, 0.05) is 53.8 Å². The summed E-state index contributed by atoms with van der Waals surface area (Å²) in [6, 6.07) is 54.5. The lowest BCUT2D eigenvalue weighted by atomic mass is 10.0. The SMILES string of the molecule is c1ccc(-c2cnc(-n3c4ccccc4c4c5sc6ccccc6c5ccc43)c(-c3nc(-c4ccccc4)nc(-c4ccccc4)n3)c2)cc1. The van der Waals surface area contributed by atoms with E-state index < -0.39 is 0 Å². The zero-order valence-electron chi connectivity index (χ0n) is 26.7. The molecule has 0 amide bonds. The van der Waals surface area contributed by atoms with E-state index in [2.05, 4.69) is 95.6 Å². The van der Waals surface area contributed by atoms with Gasteiger partial charge in [0.1, 0.15) is 5.82 Å². The van der Waals surface area contributed by atoms with Crippen molar-refractivity contribution in [3.63, 3.8) is 0 Å². The first kappa shape index (κ1) is 28.5. The van der Waals surface area contributed by atoms with Gasteiger partial charge in [-0.1, -0.05) is 133 Å². The van der Waals surface area contributed by atoms with Crippen molar-refractivity contribution in [3.05, 3.63) is 164 Å². The van der Waals surface area contributed by atoms with Gasteiger partial charge in [-0.15, -0.1) is 11.3 Å². The number of para-hydroxylation sites is 1. The molecule has 4 aromatic heterocycles. The van der Waals surface area contributed by atoms with Crippen LogP contribution in [0.25, 0.3) is 93.1 Å². The Morgan fingerprint density at radius 1 is 0.440 bits per heavy atom. The van der Waals surface area contributed by atoms with E-state index in [1.807, 2.05) is 84.3 Å². The number of pyridine rings is 1. The topological polar surface area (TPSA) is 56.5 Å². The van der Waals surface area contributed by atoms with Crippen molar-refractivity contribution in [3.8, 4) is 51.1 Å². The van der Waals surface area contributed by atoms with Crippen molar-refractivity contribution >= 4 is 53.3 Å². The van der Waals surface area contributed by atoms with E-state index in [-0.39, 0.29) is 0 Å². The van der Waals surface area contributed by atoms with E-state index in [1.54, 1.807) is 0 Å². The number of rotatable bonds is 5. The Hall–Kier alpha value is -6.50. The molecule has 0 aliphatic heterocycles. The van der Waals surface area contributed by atoms with Gasteiger partial charge in [0.2, 0.25) is 0 Å². The number of thiophene rings is 1. The third-order valence-electron chi connectivity index (χ3n) is 9.31. The lowest BCUT2D eigenvalue weighted by Gasteiger charge is -2.15. The summed E-state index contributed by atoms with van der Waals surface area (Å²) in [5.41, 5.74) is 6.89. The molecular weight excluding hydrogens is 631 g/mol. The Morgan fingerprint density at radius 3 is 1.72 bits per heavy atom. The molecule has 0 spiro atoms. The molecule has 5 nitrogen and oxygen atoms in total. The van der Waals surface area contributed by atoms with Gasteiger partial charge in [0.15, 0.2) is 17.5 Å². The van der Waals surface area contributed by atoms with E-state index >= 15 is 0 Å². The van der Waals surface area contributed by atoms with Crippen molar-refractivity contribution in [1.29, 1.82) is 0 Å². The largest absolute Gasteiger partial charge is 0.293 e. The lowest BCUT2D eigenvalue weighted by molar-refractivity contribution is 1.04. The smallest absolute Gasteiger partial charge is 0.167 e. The number of aromatic nitrogens is 5. The van der Waals surface area contributed by atoms with Crippen LogP contribution in [0.1, 0.15) is 0 Å². The molecule has 234 valence electrons. The molecule has 50 heavy (non-hydrogen) atoms. The molecule has 0 aliphatic rings. The summed E-state index contributed by atoms with van der Waals surface area (Å²) in [5.74, 6) is 2.55. The van der Waals surface area contributed by atoms with Gasteiger partial charge in [-0.25, -0.2) is 19.9 Å². The second kappa shape index (κ2) is 11.6.